The number of nitrogens with one attached hydrogen (secondary N) is 2. The Labute approximate surface area is 129 Å². The Bertz CT molecular complexity index is 407. The van der Waals surface area contributed by atoms with E-state index >= 15 is 0 Å². The summed E-state index contributed by atoms with van der Waals surface area (Å²) in [5.41, 5.74) is 0. The van der Waals surface area contributed by atoms with Gasteiger partial charge in [0.2, 0.25) is 11.8 Å². The van der Waals surface area contributed by atoms with Crippen LogP contribution in [-0.2, 0) is 28.7 Å². The van der Waals surface area contributed by atoms with Crippen molar-refractivity contribution in [2.45, 2.75) is 39.8 Å². The van der Waals surface area contributed by atoms with Gasteiger partial charge >= 0.3 is 11.9 Å². The number of hydrogen-bond acceptors (Lipinski definition) is 6. The molecule has 0 aromatic rings. The van der Waals surface area contributed by atoms with E-state index in [1.807, 2.05) is 0 Å². The second-order valence-electron chi connectivity index (χ2n) is 4.80. The minimum atomic E-state index is -0.718. The van der Waals surface area contributed by atoms with Crippen molar-refractivity contribution in [2.75, 3.05) is 13.2 Å². The van der Waals surface area contributed by atoms with Gasteiger partial charge in [0.15, 0.2) is 0 Å². The van der Waals surface area contributed by atoms with Gasteiger partial charge in [-0.15, -0.1) is 0 Å². The summed E-state index contributed by atoms with van der Waals surface area (Å²) in [6.45, 7) is 6.06. The maximum absolute atomic E-state index is 11.3. The fourth-order valence-corrected chi connectivity index (χ4v) is 1.42. The first kappa shape index (κ1) is 19.6. The molecule has 2 atom stereocenters. The Morgan fingerprint density at radius 2 is 1.14 bits per heavy atom. The summed E-state index contributed by atoms with van der Waals surface area (Å²) in [6, 6.07) is -0.638. The van der Waals surface area contributed by atoms with Crippen LogP contribution < -0.4 is 10.6 Å². The van der Waals surface area contributed by atoms with Crippen LogP contribution >= 0.6 is 0 Å². The summed E-state index contributed by atoms with van der Waals surface area (Å²) in [5, 5.41) is 5.09. The van der Waals surface area contributed by atoms with Gasteiger partial charge in [0.05, 0.1) is 12.1 Å². The quantitative estimate of drug-likeness (QED) is 0.469. The number of ether oxygens (including phenoxy) is 2. The molecule has 0 fully saturated rings. The van der Waals surface area contributed by atoms with Crippen molar-refractivity contribution in [2.24, 2.45) is 0 Å². The Balaban J connectivity index is 3.98. The largest absolute Gasteiger partial charge is 0.460 e. The summed E-state index contributed by atoms with van der Waals surface area (Å²) < 4.78 is 9.66. The van der Waals surface area contributed by atoms with E-state index in [0.717, 1.165) is 12.2 Å². The molecule has 0 aromatic carbocycles. The van der Waals surface area contributed by atoms with Gasteiger partial charge in [-0.25, -0.2) is 9.59 Å². The number of amides is 2. The molecular weight excluding hydrogens is 292 g/mol. The van der Waals surface area contributed by atoms with Crippen molar-refractivity contribution in [1.82, 2.24) is 10.6 Å². The van der Waals surface area contributed by atoms with Crippen LogP contribution in [0.15, 0.2) is 12.2 Å². The predicted octanol–water partition coefficient (Wildman–Crippen LogP) is -0.322. The highest BCUT2D eigenvalue weighted by Gasteiger charge is 2.08. The smallest absolute Gasteiger partial charge is 0.331 e. The molecule has 22 heavy (non-hydrogen) atoms. The molecule has 0 aliphatic rings. The van der Waals surface area contributed by atoms with Crippen molar-refractivity contribution in [3.63, 3.8) is 0 Å². The fourth-order valence-electron chi connectivity index (χ4n) is 1.42. The van der Waals surface area contributed by atoms with Crippen LogP contribution in [0.5, 0.6) is 0 Å². The average Bonchev–Trinajstić information content (AvgIpc) is 2.39. The highest BCUT2D eigenvalue weighted by atomic mass is 16.5. The third-order valence-electron chi connectivity index (χ3n) is 2.21. The van der Waals surface area contributed by atoms with Crippen molar-refractivity contribution in [3.8, 4) is 0 Å². The zero-order chi connectivity index (χ0) is 17.1. The normalized spacial score (nSPS) is 13.1. The van der Waals surface area contributed by atoms with E-state index in [-0.39, 0.29) is 37.1 Å². The Morgan fingerprint density at radius 1 is 0.818 bits per heavy atom. The molecule has 0 bridgehead atoms. The van der Waals surface area contributed by atoms with Gasteiger partial charge in [-0.1, -0.05) is 0 Å². The van der Waals surface area contributed by atoms with E-state index in [0.29, 0.717) is 0 Å². The molecule has 8 heteroatoms. The van der Waals surface area contributed by atoms with E-state index in [4.69, 9.17) is 9.47 Å². The second-order valence-corrected chi connectivity index (χ2v) is 4.80. The zero-order valence-electron chi connectivity index (χ0n) is 13.2. The van der Waals surface area contributed by atoms with E-state index in [1.54, 1.807) is 13.8 Å². The summed E-state index contributed by atoms with van der Waals surface area (Å²) >= 11 is 0. The first-order valence-corrected chi connectivity index (χ1v) is 6.76. The van der Waals surface area contributed by atoms with Crippen LogP contribution in [-0.4, -0.2) is 49.1 Å². The molecule has 8 nitrogen and oxygen atoms in total. The first-order chi connectivity index (χ1) is 10.2. The van der Waals surface area contributed by atoms with Gasteiger partial charge in [0, 0.05) is 26.0 Å². The number of carbonyl (C=O) groups excluding carboxylic acids is 4. The molecular formula is C14H22N2O6. The molecule has 0 spiro atoms. The third kappa shape index (κ3) is 11.4. The maximum atomic E-state index is 11.3. The van der Waals surface area contributed by atoms with Crippen molar-refractivity contribution in [1.29, 1.82) is 0 Å². The molecule has 0 heterocycles. The highest BCUT2D eigenvalue weighted by molar-refractivity contribution is 5.91. The van der Waals surface area contributed by atoms with Crippen molar-refractivity contribution < 1.29 is 28.7 Å². The van der Waals surface area contributed by atoms with E-state index in [1.165, 1.54) is 13.8 Å². The highest BCUT2D eigenvalue weighted by Crippen LogP contribution is 1.91. The van der Waals surface area contributed by atoms with Crippen LogP contribution in [0.25, 0.3) is 0 Å². The Morgan fingerprint density at radius 3 is 1.41 bits per heavy atom. The number of rotatable bonds is 8. The van der Waals surface area contributed by atoms with Crippen LogP contribution in [0.3, 0.4) is 0 Å². The van der Waals surface area contributed by atoms with Crippen LogP contribution in [0, 0.1) is 0 Å². The lowest BCUT2D eigenvalue weighted by Gasteiger charge is -2.12. The van der Waals surface area contributed by atoms with Gasteiger partial charge in [0.1, 0.15) is 13.2 Å². The molecule has 124 valence electrons. The van der Waals surface area contributed by atoms with Gasteiger partial charge in [-0.3, -0.25) is 9.59 Å². The lowest BCUT2D eigenvalue weighted by Crippen LogP contribution is -2.35. The second kappa shape index (κ2) is 10.4. The maximum Gasteiger partial charge on any atom is 0.331 e. The molecule has 0 rings (SSSR count). The number of hydrogen-bond donors (Lipinski definition) is 2. The van der Waals surface area contributed by atoms with E-state index < -0.39 is 11.9 Å². The molecule has 0 saturated heterocycles. The summed E-state index contributed by atoms with van der Waals surface area (Å²) in [7, 11) is 0. The van der Waals surface area contributed by atoms with Gasteiger partial charge in [0.25, 0.3) is 0 Å². The molecule has 0 saturated carbocycles. The van der Waals surface area contributed by atoms with E-state index in [9.17, 15) is 19.2 Å². The van der Waals surface area contributed by atoms with Crippen LogP contribution in [0.1, 0.15) is 27.7 Å². The monoisotopic (exact) mass is 314 g/mol. The molecule has 0 aliphatic carbocycles. The Hall–Kier alpha value is -2.38. The number of esters is 2. The van der Waals surface area contributed by atoms with Crippen LogP contribution in [0.4, 0.5) is 0 Å². The van der Waals surface area contributed by atoms with Crippen LogP contribution in [0.2, 0.25) is 0 Å². The van der Waals surface area contributed by atoms with Crippen molar-refractivity contribution >= 4 is 23.8 Å². The zero-order valence-corrected chi connectivity index (χ0v) is 13.2. The minimum absolute atomic E-state index is 0.00261. The summed E-state index contributed by atoms with van der Waals surface area (Å²) in [5.74, 6) is -1.89. The molecule has 2 amide bonds. The fraction of sp³-hybridized carbons (Fsp3) is 0.571. The summed E-state index contributed by atoms with van der Waals surface area (Å²) in [6.07, 6.45) is 1.87. The predicted molar refractivity (Wildman–Crippen MR) is 77.6 cm³/mol. The third-order valence-corrected chi connectivity index (χ3v) is 2.21. The van der Waals surface area contributed by atoms with E-state index in [2.05, 4.69) is 10.6 Å². The SMILES string of the molecule is CC(=O)N[C@@H](C)COC(=O)/C=C/C(=O)OC[C@H](C)NC(C)=O. The first-order valence-electron chi connectivity index (χ1n) is 6.76. The lowest BCUT2D eigenvalue weighted by molar-refractivity contribution is -0.141. The molecule has 0 unspecified atom stereocenters. The molecule has 0 radical (unpaired) electrons. The molecule has 0 aliphatic heterocycles. The standard InChI is InChI=1S/C14H22N2O6/c1-9(15-11(3)17)7-21-13(19)5-6-14(20)22-8-10(2)16-12(4)18/h5-6,9-10H,7-8H2,1-4H3,(H,15,17)(H,16,18)/b6-5+/t9-,10-/m0/s1. The molecule has 0 aromatic heterocycles. The lowest BCUT2D eigenvalue weighted by atomic mass is 10.3. The topological polar surface area (TPSA) is 111 Å². The Kier molecular flexibility index (Phi) is 9.24. The summed E-state index contributed by atoms with van der Waals surface area (Å²) in [4.78, 5) is 44.2. The molecule has 2 N–H and O–H groups in total. The number of carbonyl (C=O) groups is 4. The van der Waals surface area contributed by atoms with Gasteiger partial charge in [-0.2, -0.15) is 0 Å². The van der Waals surface area contributed by atoms with Gasteiger partial charge in [-0.05, 0) is 13.8 Å². The van der Waals surface area contributed by atoms with Gasteiger partial charge < -0.3 is 20.1 Å². The minimum Gasteiger partial charge on any atom is -0.460 e. The average molecular weight is 314 g/mol. The van der Waals surface area contributed by atoms with Crippen molar-refractivity contribution in [3.05, 3.63) is 12.2 Å².